The highest BCUT2D eigenvalue weighted by molar-refractivity contribution is 5.70. The largest absolute Gasteiger partial charge is 0.490 e. The van der Waals surface area contributed by atoms with Crippen molar-refractivity contribution in [3.05, 3.63) is 47.3 Å². The highest BCUT2D eigenvalue weighted by Crippen LogP contribution is 2.22. The maximum atomic E-state index is 5.75. The van der Waals surface area contributed by atoms with Crippen molar-refractivity contribution in [3.63, 3.8) is 0 Å². The van der Waals surface area contributed by atoms with Gasteiger partial charge in [-0.2, -0.15) is 0 Å². The Kier molecular flexibility index (Phi) is 4.33. The molecule has 2 heterocycles. The van der Waals surface area contributed by atoms with E-state index in [1.807, 2.05) is 42.5 Å². The number of methoxy groups -OCH3 is 1. The van der Waals surface area contributed by atoms with E-state index in [2.05, 4.69) is 5.16 Å². The second-order valence-corrected chi connectivity index (χ2v) is 4.79. The lowest BCUT2D eigenvalue weighted by Crippen LogP contribution is -2.04. The van der Waals surface area contributed by atoms with Crippen LogP contribution >= 0.6 is 0 Å². The van der Waals surface area contributed by atoms with Gasteiger partial charge in [-0.3, -0.25) is 0 Å². The van der Waals surface area contributed by atoms with E-state index in [0.717, 1.165) is 23.6 Å². The molecule has 0 saturated carbocycles. The Morgan fingerprint density at radius 1 is 1.33 bits per heavy atom. The van der Waals surface area contributed by atoms with Crippen LogP contribution in [0, 0.1) is 0 Å². The molecule has 1 aliphatic heterocycles. The maximum absolute atomic E-state index is 5.75. The predicted molar refractivity (Wildman–Crippen MR) is 77.8 cm³/mol. The molecule has 5 heteroatoms. The van der Waals surface area contributed by atoms with Crippen LogP contribution in [0.3, 0.4) is 0 Å². The van der Waals surface area contributed by atoms with Crippen LogP contribution in [0.15, 0.2) is 34.9 Å². The Hall–Kier alpha value is -2.11. The van der Waals surface area contributed by atoms with Crippen molar-refractivity contribution < 1.29 is 18.7 Å². The minimum Gasteiger partial charge on any atom is -0.490 e. The zero-order valence-electron chi connectivity index (χ0n) is 11.8. The van der Waals surface area contributed by atoms with Crippen molar-refractivity contribution in [2.75, 3.05) is 20.3 Å². The normalized spacial score (nSPS) is 17.3. The number of para-hydroxylation sites is 1. The summed E-state index contributed by atoms with van der Waals surface area (Å²) in [6.07, 6.45) is 4.05. The fourth-order valence-corrected chi connectivity index (χ4v) is 1.89. The highest BCUT2D eigenvalue weighted by atomic mass is 16.6. The van der Waals surface area contributed by atoms with Crippen molar-refractivity contribution in [1.29, 1.82) is 0 Å². The van der Waals surface area contributed by atoms with Gasteiger partial charge in [-0.25, -0.2) is 0 Å². The number of nitrogens with zero attached hydrogens (tertiary/aromatic N) is 1. The standard InChI is InChI=1S/C16H17NO4/c1-18-9-13-8-14(21-17-13)7-6-12-4-2-3-5-16(12)20-11-15-10-19-15/h2-8,15H,9-11H2,1H3. The number of hydrogen-bond donors (Lipinski definition) is 0. The summed E-state index contributed by atoms with van der Waals surface area (Å²) in [5, 5.41) is 3.91. The first-order valence-electron chi connectivity index (χ1n) is 6.81. The molecule has 21 heavy (non-hydrogen) atoms. The predicted octanol–water partition coefficient (Wildman–Crippen LogP) is 2.77. The van der Waals surface area contributed by atoms with E-state index in [4.69, 9.17) is 18.7 Å². The number of benzene rings is 1. The maximum Gasteiger partial charge on any atom is 0.160 e. The fraction of sp³-hybridized carbons (Fsp3) is 0.312. The third-order valence-electron chi connectivity index (χ3n) is 3.04. The third kappa shape index (κ3) is 3.93. The number of ether oxygens (including phenoxy) is 3. The average molecular weight is 287 g/mol. The number of rotatable bonds is 7. The lowest BCUT2D eigenvalue weighted by atomic mass is 10.2. The van der Waals surface area contributed by atoms with Gasteiger partial charge in [-0.05, 0) is 18.2 Å². The quantitative estimate of drug-likeness (QED) is 0.733. The lowest BCUT2D eigenvalue weighted by molar-refractivity contribution is 0.177. The van der Waals surface area contributed by atoms with E-state index in [9.17, 15) is 0 Å². The van der Waals surface area contributed by atoms with Crippen LogP contribution in [0.2, 0.25) is 0 Å². The van der Waals surface area contributed by atoms with Gasteiger partial charge in [0, 0.05) is 18.7 Å². The van der Waals surface area contributed by atoms with E-state index in [0.29, 0.717) is 19.0 Å². The average Bonchev–Trinajstić information content (AvgIpc) is 3.23. The van der Waals surface area contributed by atoms with Gasteiger partial charge in [-0.15, -0.1) is 0 Å². The number of hydrogen-bond acceptors (Lipinski definition) is 5. The topological polar surface area (TPSA) is 57.0 Å². The van der Waals surface area contributed by atoms with Gasteiger partial charge in [0.2, 0.25) is 0 Å². The van der Waals surface area contributed by atoms with Gasteiger partial charge >= 0.3 is 0 Å². The van der Waals surface area contributed by atoms with Crippen LogP contribution in [-0.2, 0) is 16.1 Å². The number of epoxide rings is 1. The Balaban J connectivity index is 1.68. The summed E-state index contributed by atoms with van der Waals surface area (Å²) in [5.74, 6) is 1.52. The minimum atomic E-state index is 0.243. The third-order valence-corrected chi connectivity index (χ3v) is 3.04. The molecule has 1 aromatic heterocycles. The number of aromatic nitrogens is 1. The van der Waals surface area contributed by atoms with Crippen molar-refractivity contribution in [1.82, 2.24) is 5.16 Å². The van der Waals surface area contributed by atoms with E-state index in [1.54, 1.807) is 7.11 Å². The second kappa shape index (κ2) is 6.56. The minimum absolute atomic E-state index is 0.243. The van der Waals surface area contributed by atoms with Crippen LogP contribution in [0.4, 0.5) is 0 Å². The summed E-state index contributed by atoms with van der Waals surface area (Å²) in [6.45, 7) is 1.82. The summed E-state index contributed by atoms with van der Waals surface area (Å²) in [5.41, 5.74) is 1.76. The molecule has 3 rings (SSSR count). The van der Waals surface area contributed by atoms with Gasteiger partial charge in [0.25, 0.3) is 0 Å². The zero-order chi connectivity index (χ0) is 14.5. The molecule has 1 atom stereocenters. The molecule has 0 amide bonds. The van der Waals surface area contributed by atoms with E-state index in [1.165, 1.54) is 0 Å². The van der Waals surface area contributed by atoms with Crippen LogP contribution in [0.5, 0.6) is 5.75 Å². The van der Waals surface area contributed by atoms with Crippen LogP contribution in [-0.4, -0.2) is 31.6 Å². The van der Waals surface area contributed by atoms with Crippen LogP contribution in [0.1, 0.15) is 17.0 Å². The molecule has 0 bridgehead atoms. The van der Waals surface area contributed by atoms with E-state index < -0.39 is 0 Å². The zero-order valence-corrected chi connectivity index (χ0v) is 11.8. The Bertz CT molecular complexity index is 616. The molecule has 0 spiro atoms. The van der Waals surface area contributed by atoms with Crippen LogP contribution < -0.4 is 4.74 Å². The second-order valence-electron chi connectivity index (χ2n) is 4.79. The first-order chi connectivity index (χ1) is 10.3. The summed E-state index contributed by atoms with van der Waals surface area (Å²) in [7, 11) is 1.63. The molecule has 1 saturated heterocycles. The summed E-state index contributed by atoms with van der Waals surface area (Å²) in [4.78, 5) is 0. The smallest absolute Gasteiger partial charge is 0.160 e. The molecule has 1 aromatic carbocycles. The molecule has 5 nitrogen and oxygen atoms in total. The monoisotopic (exact) mass is 287 g/mol. The molecule has 1 aliphatic rings. The Morgan fingerprint density at radius 2 is 2.19 bits per heavy atom. The molecular formula is C16H17NO4. The van der Waals surface area contributed by atoms with Crippen molar-refractivity contribution >= 4 is 12.2 Å². The Labute approximate surface area is 123 Å². The molecule has 2 aromatic rings. The van der Waals surface area contributed by atoms with Gasteiger partial charge in [0.1, 0.15) is 24.2 Å². The molecule has 110 valence electrons. The van der Waals surface area contributed by atoms with E-state index in [-0.39, 0.29) is 6.10 Å². The lowest BCUT2D eigenvalue weighted by Gasteiger charge is -2.07. The Morgan fingerprint density at radius 3 is 3.00 bits per heavy atom. The molecule has 0 N–H and O–H groups in total. The van der Waals surface area contributed by atoms with Gasteiger partial charge in [0.15, 0.2) is 5.76 Å². The summed E-state index contributed by atoms with van der Waals surface area (Å²) < 4.78 is 21.1. The van der Waals surface area contributed by atoms with Crippen molar-refractivity contribution in [2.24, 2.45) is 0 Å². The SMILES string of the molecule is COCc1cc(C=Cc2ccccc2OCC2CO2)on1. The molecule has 1 unspecified atom stereocenters. The molecular weight excluding hydrogens is 270 g/mol. The summed E-state index contributed by atoms with van der Waals surface area (Å²) >= 11 is 0. The van der Waals surface area contributed by atoms with E-state index >= 15 is 0 Å². The van der Waals surface area contributed by atoms with Crippen LogP contribution in [0.25, 0.3) is 12.2 Å². The van der Waals surface area contributed by atoms with Crippen molar-refractivity contribution in [2.45, 2.75) is 12.7 Å². The van der Waals surface area contributed by atoms with Gasteiger partial charge in [-0.1, -0.05) is 23.4 Å². The highest BCUT2D eigenvalue weighted by Gasteiger charge is 2.23. The molecule has 0 radical (unpaired) electrons. The first kappa shape index (κ1) is 13.9. The summed E-state index contributed by atoms with van der Waals surface area (Å²) in [6, 6.07) is 9.70. The molecule has 0 aliphatic carbocycles. The molecule has 1 fully saturated rings. The van der Waals surface area contributed by atoms with Crippen molar-refractivity contribution in [3.8, 4) is 5.75 Å². The fourth-order valence-electron chi connectivity index (χ4n) is 1.89. The van der Waals surface area contributed by atoms with Gasteiger partial charge in [0.05, 0.1) is 13.2 Å². The van der Waals surface area contributed by atoms with Gasteiger partial charge < -0.3 is 18.7 Å². The first-order valence-corrected chi connectivity index (χ1v) is 6.81.